The van der Waals surface area contributed by atoms with Crippen molar-refractivity contribution >= 4 is 17.9 Å². The van der Waals surface area contributed by atoms with E-state index in [9.17, 15) is 9.18 Å². The van der Waals surface area contributed by atoms with Crippen LogP contribution in [0.4, 0.5) is 4.39 Å². The summed E-state index contributed by atoms with van der Waals surface area (Å²) < 4.78 is 20.1. The van der Waals surface area contributed by atoms with Gasteiger partial charge in [0.15, 0.2) is 5.78 Å². The summed E-state index contributed by atoms with van der Waals surface area (Å²) in [5.74, 6) is 0.169. The van der Waals surface area contributed by atoms with E-state index >= 15 is 0 Å². The molecule has 0 fully saturated rings. The van der Waals surface area contributed by atoms with Gasteiger partial charge in [-0.2, -0.15) is 0 Å². The van der Waals surface area contributed by atoms with Crippen molar-refractivity contribution in [3.8, 4) is 16.9 Å². The van der Waals surface area contributed by atoms with E-state index < -0.39 is 0 Å². The molecule has 1 heterocycles. The molecule has 0 saturated heterocycles. The number of rotatable bonds is 6. The molecule has 206 valence electrons. The van der Waals surface area contributed by atoms with Crippen molar-refractivity contribution in [2.24, 2.45) is 5.92 Å². The number of carbonyl (C=O) groups excluding carboxylic acids is 1. The molecular weight excluding hydrogens is 521 g/mol. The van der Waals surface area contributed by atoms with Crippen molar-refractivity contribution in [3.05, 3.63) is 160 Å². The van der Waals surface area contributed by atoms with Gasteiger partial charge in [0.2, 0.25) is 0 Å². The average molecular weight is 552 g/mol. The first-order chi connectivity index (χ1) is 20.7. The van der Waals surface area contributed by atoms with Gasteiger partial charge in [-0.25, -0.2) is 4.39 Å². The Labute approximate surface area is 244 Å². The van der Waals surface area contributed by atoms with E-state index in [-0.39, 0.29) is 23.4 Å². The molecule has 0 aromatic heterocycles. The van der Waals surface area contributed by atoms with Gasteiger partial charge in [-0.1, -0.05) is 78.9 Å². The largest absolute Gasteiger partial charge is 0.488 e. The van der Waals surface area contributed by atoms with Gasteiger partial charge in [0, 0.05) is 34.9 Å². The van der Waals surface area contributed by atoms with E-state index in [2.05, 4.69) is 59.9 Å². The minimum absolute atomic E-state index is 0.00327. The molecule has 2 unspecified atom stereocenters. The zero-order chi connectivity index (χ0) is 28.5. The van der Waals surface area contributed by atoms with Gasteiger partial charge in [0.1, 0.15) is 18.2 Å². The molecule has 0 bridgehead atoms. The summed E-state index contributed by atoms with van der Waals surface area (Å²) in [6.07, 6.45) is 15.8. The third-order valence-corrected chi connectivity index (χ3v) is 8.38. The first-order valence-electron chi connectivity index (χ1n) is 14.4. The zero-order valence-electron chi connectivity index (χ0n) is 23.1. The lowest BCUT2D eigenvalue weighted by Gasteiger charge is -2.30. The zero-order valence-corrected chi connectivity index (χ0v) is 23.1. The van der Waals surface area contributed by atoms with Gasteiger partial charge in [-0.15, -0.1) is 0 Å². The predicted molar refractivity (Wildman–Crippen MR) is 166 cm³/mol. The van der Waals surface area contributed by atoms with Gasteiger partial charge in [0.25, 0.3) is 0 Å². The molecule has 0 spiro atoms. The molecule has 7 rings (SSSR count). The number of benzene rings is 4. The van der Waals surface area contributed by atoms with Gasteiger partial charge < -0.3 is 10.1 Å². The van der Waals surface area contributed by atoms with Crippen LogP contribution in [0, 0.1) is 11.7 Å². The molecule has 0 amide bonds. The SMILES string of the molecule is O=C(c1ccc(F)cc1)C1C=c2c(ccc3c2=CCc2cccc(OCc4ccccc4)c2-3)C(C2=CC=CC=CN2)C1. The van der Waals surface area contributed by atoms with Crippen LogP contribution in [0.3, 0.4) is 0 Å². The number of hydrogen-bond acceptors (Lipinski definition) is 3. The summed E-state index contributed by atoms with van der Waals surface area (Å²) in [5.41, 5.74) is 7.35. The molecule has 1 N–H and O–H groups in total. The van der Waals surface area contributed by atoms with Crippen molar-refractivity contribution < 1.29 is 13.9 Å². The van der Waals surface area contributed by atoms with Crippen LogP contribution in [0.2, 0.25) is 0 Å². The fourth-order valence-corrected chi connectivity index (χ4v) is 6.34. The monoisotopic (exact) mass is 551 g/mol. The number of carbonyl (C=O) groups is 1. The minimum Gasteiger partial charge on any atom is -0.488 e. The predicted octanol–water partition coefficient (Wildman–Crippen LogP) is 6.73. The lowest BCUT2D eigenvalue weighted by atomic mass is 9.75. The molecule has 0 radical (unpaired) electrons. The maximum atomic E-state index is 13.8. The van der Waals surface area contributed by atoms with Crippen molar-refractivity contribution in [2.45, 2.75) is 25.4 Å². The second kappa shape index (κ2) is 11.1. The standard InChI is InChI=1S/C38H30FNO2/c39-29-16-13-27(14-17-29)38(41)28-22-33-30-18-15-26-10-7-12-36(42-24-25-8-3-1-4-9-25)37(26)32(30)20-19-31(33)34(23-28)35-11-5-2-6-21-40-35/h1-14,16-22,28,34,40H,15,23-24H2. The maximum absolute atomic E-state index is 13.8. The molecule has 42 heavy (non-hydrogen) atoms. The Balaban J connectivity index is 1.35. The Morgan fingerprint density at radius 2 is 1.74 bits per heavy atom. The second-order valence-corrected chi connectivity index (χ2v) is 10.9. The van der Waals surface area contributed by atoms with E-state index in [1.807, 2.05) is 48.7 Å². The molecule has 1 aliphatic heterocycles. The van der Waals surface area contributed by atoms with E-state index in [1.165, 1.54) is 23.3 Å². The molecule has 4 aromatic rings. The summed E-state index contributed by atoms with van der Waals surface area (Å²) in [4.78, 5) is 13.8. The lowest BCUT2D eigenvalue weighted by molar-refractivity contribution is 0.0943. The molecule has 4 aromatic carbocycles. The summed E-state index contributed by atoms with van der Waals surface area (Å²) in [6, 6.07) is 26.8. The summed E-state index contributed by atoms with van der Waals surface area (Å²) in [5, 5.41) is 5.68. The van der Waals surface area contributed by atoms with E-state index in [0.717, 1.165) is 45.0 Å². The van der Waals surface area contributed by atoms with Gasteiger partial charge in [0.05, 0.1) is 0 Å². The van der Waals surface area contributed by atoms with Gasteiger partial charge in [-0.05, 0) is 88.0 Å². The van der Waals surface area contributed by atoms with Crippen LogP contribution in [-0.2, 0) is 13.0 Å². The number of allylic oxidation sites excluding steroid dienone is 5. The first kappa shape index (κ1) is 26.0. The molecule has 0 saturated carbocycles. The van der Waals surface area contributed by atoms with Crippen LogP contribution >= 0.6 is 0 Å². The van der Waals surface area contributed by atoms with Crippen LogP contribution < -0.4 is 20.5 Å². The van der Waals surface area contributed by atoms with Crippen LogP contribution in [0.15, 0.2) is 121 Å². The Kier molecular flexibility index (Phi) is 6.89. The summed E-state index contributed by atoms with van der Waals surface area (Å²) >= 11 is 0. The van der Waals surface area contributed by atoms with Gasteiger partial charge >= 0.3 is 0 Å². The Hall–Kier alpha value is -4.96. The molecule has 4 heteroatoms. The highest BCUT2D eigenvalue weighted by molar-refractivity contribution is 6.01. The topological polar surface area (TPSA) is 38.3 Å². The second-order valence-electron chi connectivity index (χ2n) is 10.9. The van der Waals surface area contributed by atoms with Crippen LogP contribution in [-0.4, -0.2) is 5.78 Å². The third kappa shape index (κ3) is 4.90. The average Bonchev–Trinajstić information content (AvgIpc) is 3.33. The van der Waals surface area contributed by atoms with E-state index in [0.29, 0.717) is 18.6 Å². The normalized spacial score (nSPS) is 18.2. The number of nitrogens with one attached hydrogen (secondary N) is 1. The summed E-state index contributed by atoms with van der Waals surface area (Å²) in [7, 11) is 0. The van der Waals surface area contributed by atoms with Gasteiger partial charge in [-0.3, -0.25) is 4.79 Å². The highest BCUT2D eigenvalue weighted by Gasteiger charge is 2.31. The number of halogens is 1. The van der Waals surface area contributed by atoms with Crippen molar-refractivity contribution in [3.63, 3.8) is 0 Å². The molecule has 3 nitrogen and oxygen atoms in total. The summed E-state index contributed by atoms with van der Waals surface area (Å²) in [6.45, 7) is 0.491. The third-order valence-electron chi connectivity index (χ3n) is 8.38. The van der Waals surface area contributed by atoms with Crippen molar-refractivity contribution in [1.29, 1.82) is 0 Å². The molecule has 2 atom stereocenters. The highest BCUT2D eigenvalue weighted by atomic mass is 19.1. The van der Waals surface area contributed by atoms with Crippen molar-refractivity contribution in [1.82, 2.24) is 5.32 Å². The Bertz CT molecular complexity index is 1880. The fourth-order valence-electron chi connectivity index (χ4n) is 6.34. The number of fused-ring (bicyclic) bond motifs is 5. The smallest absolute Gasteiger partial charge is 0.169 e. The number of hydrogen-bond donors (Lipinski definition) is 1. The molecular formula is C38H30FNO2. The number of Topliss-reactive ketones (excluding diaryl/α,β-unsaturated/α-hetero) is 1. The quantitative estimate of drug-likeness (QED) is 0.270. The number of ether oxygens (including phenoxy) is 1. The molecule has 2 aliphatic carbocycles. The van der Waals surface area contributed by atoms with Crippen molar-refractivity contribution in [2.75, 3.05) is 0 Å². The van der Waals surface area contributed by atoms with Crippen LogP contribution in [0.25, 0.3) is 23.3 Å². The maximum Gasteiger partial charge on any atom is 0.169 e. The minimum atomic E-state index is -0.349. The highest BCUT2D eigenvalue weighted by Crippen LogP contribution is 2.38. The fraction of sp³-hybridized carbons (Fsp3) is 0.132. The Morgan fingerprint density at radius 1 is 0.881 bits per heavy atom. The lowest BCUT2D eigenvalue weighted by Crippen LogP contribution is -2.40. The van der Waals surface area contributed by atoms with Crippen LogP contribution in [0.1, 0.15) is 39.4 Å². The first-order valence-corrected chi connectivity index (χ1v) is 14.4. The molecule has 3 aliphatic rings. The van der Waals surface area contributed by atoms with E-state index in [4.69, 9.17) is 4.74 Å². The Morgan fingerprint density at radius 3 is 2.60 bits per heavy atom. The van der Waals surface area contributed by atoms with E-state index in [1.54, 1.807) is 12.1 Å². The number of ketones is 1. The van der Waals surface area contributed by atoms with Crippen LogP contribution in [0.5, 0.6) is 5.75 Å².